The number of carbonyl (C=O) groups excluding carboxylic acids is 1. The van der Waals surface area contributed by atoms with Crippen molar-refractivity contribution in [3.63, 3.8) is 0 Å². The molecule has 0 radical (unpaired) electrons. The molecule has 1 aromatic heterocycles. The molecule has 2 heterocycles. The molecule has 3 rings (SSSR count). The van der Waals surface area contributed by atoms with Gasteiger partial charge in [0.05, 0.1) is 12.1 Å². The second kappa shape index (κ2) is 6.91. The molecule has 1 fully saturated rings. The van der Waals surface area contributed by atoms with E-state index >= 15 is 0 Å². The van der Waals surface area contributed by atoms with Crippen LogP contribution in [0.2, 0.25) is 0 Å². The molecule has 24 heavy (non-hydrogen) atoms. The van der Waals surface area contributed by atoms with Gasteiger partial charge in [0, 0.05) is 24.7 Å². The molecule has 5 heteroatoms. The van der Waals surface area contributed by atoms with Gasteiger partial charge in [-0.25, -0.2) is 0 Å². The lowest BCUT2D eigenvalue weighted by Gasteiger charge is -2.19. The number of aromatic amines is 1. The van der Waals surface area contributed by atoms with E-state index in [1.165, 1.54) is 6.07 Å². The van der Waals surface area contributed by atoms with Gasteiger partial charge in [-0.3, -0.25) is 9.59 Å². The second-order valence-corrected chi connectivity index (χ2v) is 6.40. The van der Waals surface area contributed by atoms with Gasteiger partial charge in [0.15, 0.2) is 0 Å². The Morgan fingerprint density at radius 1 is 1.21 bits per heavy atom. The molecule has 1 amide bonds. The van der Waals surface area contributed by atoms with E-state index in [4.69, 9.17) is 4.74 Å². The summed E-state index contributed by atoms with van der Waals surface area (Å²) in [5.74, 6) is 0.856. The molecule has 1 aliphatic rings. The summed E-state index contributed by atoms with van der Waals surface area (Å²) in [6.45, 7) is 5.15. The van der Waals surface area contributed by atoms with Crippen LogP contribution in [0, 0.1) is 0 Å². The Morgan fingerprint density at radius 2 is 1.96 bits per heavy atom. The molecule has 126 valence electrons. The normalized spacial score (nSPS) is 17.3. The van der Waals surface area contributed by atoms with Gasteiger partial charge in [-0.15, -0.1) is 0 Å². The van der Waals surface area contributed by atoms with E-state index in [2.05, 4.69) is 4.98 Å². The largest absolute Gasteiger partial charge is 0.489 e. The van der Waals surface area contributed by atoms with Gasteiger partial charge in [0.25, 0.3) is 5.91 Å². The van der Waals surface area contributed by atoms with Crippen LogP contribution in [0.25, 0.3) is 0 Å². The van der Waals surface area contributed by atoms with Crippen molar-refractivity contribution >= 4 is 5.91 Å². The summed E-state index contributed by atoms with van der Waals surface area (Å²) in [6, 6.07) is 12.7. The monoisotopic (exact) mass is 326 g/mol. The van der Waals surface area contributed by atoms with Gasteiger partial charge in [-0.2, -0.15) is 0 Å². The number of pyridine rings is 1. The van der Waals surface area contributed by atoms with Gasteiger partial charge >= 0.3 is 0 Å². The topological polar surface area (TPSA) is 62.4 Å². The first-order chi connectivity index (χ1) is 11.5. The third kappa shape index (κ3) is 3.50. The lowest BCUT2D eigenvalue weighted by molar-refractivity contribution is 0.0770. The number of hydrogen-bond acceptors (Lipinski definition) is 3. The lowest BCUT2D eigenvalue weighted by atomic mass is 10.0. The van der Waals surface area contributed by atoms with E-state index in [0.29, 0.717) is 24.3 Å². The van der Waals surface area contributed by atoms with Crippen LogP contribution in [0.1, 0.15) is 42.2 Å². The summed E-state index contributed by atoms with van der Waals surface area (Å²) in [5.41, 5.74) is 1.09. The first kappa shape index (κ1) is 16.3. The highest BCUT2D eigenvalue weighted by atomic mass is 16.5. The molecule has 1 aromatic carbocycles. The fraction of sp³-hybridized carbons (Fsp3) is 0.368. The van der Waals surface area contributed by atoms with Crippen molar-refractivity contribution < 1.29 is 9.53 Å². The number of carbonyl (C=O) groups is 1. The maximum atomic E-state index is 12.8. The molecule has 0 spiro atoms. The van der Waals surface area contributed by atoms with E-state index < -0.39 is 0 Å². The van der Waals surface area contributed by atoms with Crippen LogP contribution in [0.5, 0.6) is 5.75 Å². The summed E-state index contributed by atoms with van der Waals surface area (Å²) < 4.78 is 5.94. The number of likely N-dealkylation sites (tertiary alicyclic amines) is 1. The van der Waals surface area contributed by atoms with Gasteiger partial charge in [-0.1, -0.05) is 32.0 Å². The van der Waals surface area contributed by atoms with Gasteiger partial charge in [0.1, 0.15) is 11.9 Å². The third-order valence-electron chi connectivity index (χ3n) is 4.24. The fourth-order valence-corrected chi connectivity index (χ4v) is 3.00. The molecule has 5 nitrogen and oxygen atoms in total. The zero-order valence-corrected chi connectivity index (χ0v) is 14.0. The minimum absolute atomic E-state index is 0.00149. The van der Waals surface area contributed by atoms with Crippen LogP contribution in [0.3, 0.4) is 0 Å². The highest BCUT2D eigenvalue weighted by Gasteiger charge is 2.29. The van der Waals surface area contributed by atoms with Gasteiger partial charge in [0.2, 0.25) is 5.56 Å². The number of benzene rings is 1. The second-order valence-electron chi connectivity index (χ2n) is 6.40. The molecule has 1 aliphatic heterocycles. The summed E-state index contributed by atoms with van der Waals surface area (Å²) in [7, 11) is 0. The molecule has 0 saturated carbocycles. The smallest absolute Gasteiger partial charge is 0.255 e. The molecule has 1 saturated heterocycles. The minimum atomic E-state index is -0.179. The van der Waals surface area contributed by atoms with Crippen LogP contribution in [0.4, 0.5) is 0 Å². The summed E-state index contributed by atoms with van der Waals surface area (Å²) in [6.07, 6.45) is 0.808. The van der Waals surface area contributed by atoms with E-state index in [0.717, 1.165) is 12.2 Å². The molecular weight excluding hydrogens is 304 g/mol. The minimum Gasteiger partial charge on any atom is -0.489 e. The SMILES string of the molecule is CC(C)c1[nH]c(=O)ccc1C(=O)N1CC[C@@H](Oc2ccccc2)C1. The highest BCUT2D eigenvalue weighted by molar-refractivity contribution is 5.95. The standard InChI is InChI=1S/C19H22N2O3/c1-13(2)18-16(8-9-17(22)20-18)19(23)21-11-10-15(12-21)24-14-6-4-3-5-7-14/h3-9,13,15H,10-12H2,1-2H3,(H,20,22)/t15-/m1/s1. The molecular formula is C19H22N2O3. The van der Waals surface area contributed by atoms with E-state index in [-0.39, 0.29) is 23.5 Å². The van der Waals surface area contributed by atoms with Crippen molar-refractivity contribution in [3.8, 4) is 5.75 Å². The van der Waals surface area contributed by atoms with Crippen LogP contribution in [0.15, 0.2) is 47.3 Å². The zero-order valence-electron chi connectivity index (χ0n) is 14.0. The zero-order chi connectivity index (χ0) is 17.1. The summed E-state index contributed by atoms with van der Waals surface area (Å²) in [4.78, 5) is 29.0. The van der Waals surface area contributed by atoms with Crippen molar-refractivity contribution in [1.29, 1.82) is 0 Å². The van der Waals surface area contributed by atoms with E-state index in [9.17, 15) is 9.59 Å². The Kier molecular flexibility index (Phi) is 4.69. The number of nitrogens with zero attached hydrogens (tertiary/aromatic N) is 1. The first-order valence-electron chi connectivity index (χ1n) is 8.29. The number of para-hydroxylation sites is 1. The van der Waals surface area contributed by atoms with Crippen molar-refractivity contribution in [1.82, 2.24) is 9.88 Å². The number of aromatic nitrogens is 1. The number of amides is 1. The third-order valence-corrected chi connectivity index (χ3v) is 4.24. The summed E-state index contributed by atoms with van der Waals surface area (Å²) in [5, 5.41) is 0. The number of rotatable bonds is 4. The van der Waals surface area contributed by atoms with Gasteiger partial charge in [-0.05, 0) is 24.1 Å². The fourth-order valence-electron chi connectivity index (χ4n) is 3.00. The Balaban J connectivity index is 1.72. The maximum Gasteiger partial charge on any atom is 0.255 e. The van der Waals surface area contributed by atoms with Crippen molar-refractivity contribution in [2.24, 2.45) is 0 Å². The molecule has 1 N–H and O–H groups in total. The Bertz CT molecular complexity index is 768. The molecule has 0 aliphatic carbocycles. The van der Waals surface area contributed by atoms with Crippen molar-refractivity contribution in [2.45, 2.75) is 32.3 Å². The number of H-pyrrole nitrogens is 1. The van der Waals surface area contributed by atoms with Crippen LogP contribution >= 0.6 is 0 Å². The predicted molar refractivity (Wildman–Crippen MR) is 92.5 cm³/mol. The Hall–Kier alpha value is -2.56. The number of hydrogen-bond donors (Lipinski definition) is 1. The maximum absolute atomic E-state index is 12.8. The van der Waals surface area contributed by atoms with E-state index in [1.54, 1.807) is 11.0 Å². The van der Waals surface area contributed by atoms with Crippen LogP contribution in [-0.4, -0.2) is 35.0 Å². The number of ether oxygens (including phenoxy) is 1. The molecule has 1 atom stereocenters. The molecule has 2 aromatic rings. The lowest BCUT2D eigenvalue weighted by Crippen LogP contribution is -2.32. The van der Waals surface area contributed by atoms with Crippen LogP contribution in [-0.2, 0) is 0 Å². The van der Waals surface area contributed by atoms with Crippen molar-refractivity contribution in [3.05, 3.63) is 64.1 Å². The average molecular weight is 326 g/mol. The van der Waals surface area contributed by atoms with Crippen molar-refractivity contribution in [2.75, 3.05) is 13.1 Å². The Labute approximate surface area is 141 Å². The molecule has 0 bridgehead atoms. The summed E-state index contributed by atoms with van der Waals surface area (Å²) >= 11 is 0. The number of nitrogens with one attached hydrogen (secondary N) is 1. The predicted octanol–water partition coefficient (Wildman–Crippen LogP) is 2.79. The highest BCUT2D eigenvalue weighted by Crippen LogP contribution is 2.22. The van der Waals surface area contributed by atoms with Crippen LogP contribution < -0.4 is 10.3 Å². The van der Waals surface area contributed by atoms with Gasteiger partial charge < -0.3 is 14.6 Å². The average Bonchev–Trinajstić information content (AvgIpc) is 3.03. The molecule has 0 unspecified atom stereocenters. The quantitative estimate of drug-likeness (QED) is 0.940. The Morgan fingerprint density at radius 3 is 2.67 bits per heavy atom. The van der Waals surface area contributed by atoms with E-state index in [1.807, 2.05) is 44.2 Å². The first-order valence-corrected chi connectivity index (χ1v) is 8.29.